The third kappa shape index (κ3) is 5.01. The van der Waals surface area contributed by atoms with Gasteiger partial charge in [0.1, 0.15) is 11.3 Å². The van der Waals surface area contributed by atoms with Crippen molar-refractivity contribution in [1.29, 1.82) is 0 Å². The number of carboxylic acid groups (broad SMARTS) is 1. The van der Waals surface area contributed by atoms with E-state index in [-0.39, 0.29) is 6.47 Å². The summed E-state index contributed by atoms with van der Waals surface area (Å²) in [6.07, 6.45) is 6.16. The number of hydrogen-bond acceptors (Lipinski definition) is 8. The molecule has 162 valence electrons. The largest absolute Gasteiger partial charge is 0.483 e. The number of carbonyl (C=O) groups is 1. The Balaban J connectivity index is 0.000000730. The van der Waals surface area contributed by atoms with Crippen molar-refractivity contribution in [3.63, 3.8) is 0 Å². The number of fused-ring (bicyclic) bond motifs is 2. The average molecular weight is 442 g/mol. The Morgan fingerprint density at radius 3 is 2.87 bits per heavy atom. The van der Waals surface area contributed by atoms with Crippen LogP contribution in [0.15, 0.2) is 47.2 Å². The van der Waals surface area contributed by atoms with Gasteiger partial charge >= 0.3 is 0 Å². The number of likely N-dealkylation sites (tertiary alicyclic amines) is 1. The number of piperidine rings is 1. The minimum absolute atomic E-state index is 0.250. The normalized spacial score (nSPS) is 15.0. The summed E-state index contributed by atoms with van der Waals surface area (Å²) in [7, 11) is 1.80. The molecule has 0 amide bonds. The summed E-state index contributed by atoms with van der Waals surface area (Å²) in [5.74, 6) is 0.716. The number of thiazole rings is 1. The molecule has 0 bridgehead atoms. The molecule has 8 nitrogen and oxygen atoms in total. The highest BCUT2D eigenvalue weighted by Crippen LogP contribution is 2.33. The van der Waals surface area contributed by atoms with Gasteiger partial charge < -0.3 is 19.0 Å². The lowest BCUT2D eigenvalue weighted by atomic mass is 10.1. The molecular weight excluding hydrogens is 418 g/mol. The summed E-state index contributed by atoms with van der Waals surface area (Å²) in [5, 5.41) is 8.60. The minimum atomic E-state index is -0.250. The number of benzene rings is 1. The molecule has 1 N–H and O–H groups in total. The van der Waals surface area contributed by atoms with Crippen LogP contribution in [0, 0.1) is 0 Å². The maximum atomic E-state index is 8.36. The number of pyridine rings is 1. The lowest BCUT2D eigenvalue weighted by molar-refractivity contribution is -0.122. The SMILES string of the molecule is COC1CCN(Cc2coc3cc(Oc4nc5ncccc5s4)ccc23)CC1.O=CO. The van der Waals surface area contributed by atoms with Crippen LogP contribution in [0.4, 0.5) is 0 Å². The second-order valence-electron chi connectivity index (χ2n) is 7.14. The molecule has 0 radical (unpaired) electrons. The Hall–Kier alpha value is -3.01. The average Bonchev–Trinajstić information content (AvgIpc) is 3.38. The molecule has 4 heterocycles. The van der Waals surface area contributed by atoms with Crippen LogP contribution in [0.2, 0.25) is 0 Å². The van der Waals surface area contributed by atoms with E-state index in [1.165, 1.54) is 16.9 Å². The van der Waals surface area contributed by atoms with Crippen molar-refractivity contribution in [3.8, 4) is 10.9 Å². The van der Waals surface area contributed by atoms with Crippen molar-refractivity contribution < 1.29 is 23.8 Å². The molecule has 1 saturated heterocycles. The van der Waals surface area contributed by atoms with Gasteiger partial charge in [0.2, 0.25) is 0 Å². The zero-order chi connectivity index (χ0) is 21.6. The monoisotopic (exact) mass is 441 g/mol. The topological polar surface area (TPSA) is 97.9 Å². The van der Waals surface area contributed by atoms with Gasteiger partial charge in [-0.25, -0.2) is 4.98 Å². The number of aromatic nitrogens is 2. The fraction of sp³-hybridized carbons (Fsp3) is 0.318. The Labute approximate surface area is 183 Å². The summed E-state index contributed by atoms with van der Waals surface area (Å²) in [6, 6.07) is 9.85. The van der Waals surface area contributed by atoms with Gasteiger partial charge in [-0.05, 0) is 37.1 Å². The zero-order valence-electron chi connectivity index (χ0n) is 17.1. The number of methoxy groups -OCH3 is 1. The molecule has 0 unspecified atom stereocenters. The molecule has 0 spiro atoms. The first-order valence-corrected chi connectivity index (χ1v) is 10.7. The first-order valence-electron chi connectivity index (χ1n) is 9.92. The van der Waals surface area contributed by atoms with Crippen LogP contribution in [-0.2, 0) is 16.1 Å². The van der Waals surface area contributed by atoms with E-state index >= 15 is 0 Å². The third-order valence-corrected chi connectivity index (χ3v) is 6.13. The lowest BCUT2D eigenvalue weighted by Gasteiger charge is -2.30. The highest BCUT2D eigenvalue weighted by molar-refractivity contribution is 7.20. The second-order valence-corrected chi connectivity index (χ2v) is 8.14. The number of rotatable bonds is 5. The van der Waals surface area contributed by atoms with Crippen molar-refractivity contribution in [2.24, 2.45) is 0 Å². The van der Waals surface area contributed by atoms with E-state index < -0.39 is 0 Å². The van der Waals surface area contributed by atoms with Crippen LogP contribution in [0.1, 0.15) is 18.4 Å². The molecule has 0 aliphatic carbocycles. The molecule has 4 aromatic rings. The molecule has 1 aromatic carbocycles. The number of nitrogens with zero attached hydrogens (tertiary/aromatic N) is 3. The van der Waals surface area contributed by atoms with Crippen molar-refractivity contribution in [3.05, 3.63) is 48.4 Å². The van der Waals surface area contributed by atoms with Crippen LogP contribution in [0.3, 0.4) is 0 Å². The highest BCUT2D eigenvalue weighted by Gasteiger charge is 2.20. The smallest absolute Gasteiger partial charge is 0.290 e. The van der Waals surface area contributed by atoms with Gasteiger partial charge in [0, 0.05) is 50.0 Å². The van der Waals surface area contributed by atoms with Gasteiger partial charge in [-0.15, -0.1) is 0 Å². The maximum Gasteiger partial charge on any atom is 0.290 e. The van der Waals surface area contributed by atoms with Crippen LogP contribution in [0.25, 0.3) is 21.3 Å². The molecule has 1 aliphatic heterocycles. The van der Waals surface area contributed by atoms with E-state index in [2.05, 4.69) is 20.9 Å². The quantitative estimate of drug-likeness (QED) is 0.451. The molecular formula is C22H23N3O5S. The van der Waals surface area contributed by atoms with Crippen molar-refractivity contribution >= 4 is 39.1 Å². The summed E-state index contributed by atoms with van der Waals surface area (Å²) in [6.45, 7) is 2.75. The van der Waals surface area contributed by atoms with Crippen molar-refractivity contribution in [2.45, 2.75) is 25.5 Å². The van der Waals surface area contributed by atoms with E-state index in [4.69, 9.17) is 23.8 Å². The lowest BCUT2D eigenvalue weighted by Crippen LogP contribution is -2.36. The van der Waals surface area contributed by atoms with Crippen molar-refractivity contribution in [2.75, 3.05) is 20.2 Å². The first-order chi connectivity index (χ1) is 15.2. The predicted octanol–water partition coefficient (Wildman–Crippen LogP) is 4.54. The third-order valence-electron chi connectivity index (χ3n) is 5.24. The molecule has 31 heavy (non-hydrogen) atoms. The van der Waals surface area contributed by atoms with Crippen LogP contribution in [0.5, 0.6) is 10.9 Å². The van der Waals surface area contributed by atoms with Crippen LogP contribution < -0.4 is 4.74 Å². The molecule has 0 atom stereocenters. The molecule has 9 heteroatoms. The molecule has 1 fully saturated rings. The van der Waals surface area contributed by atoms with E-state index in [0.29, 0.717) is 22.7 Å². The van der Waals surface area contributed by atoms with Crippen LogP contribution in [-0.4, -0.2) is 52.7 Å². The zero-order valence-corrected chi connectivity index (χ0v) is 17.9. The Kier molecular flexibility index (Phi) is 6.76. The van der Waals surface area contributed by atoms with Crippen LogP contribution >= 0.6 is 11.3 Å². The summed E-state index contributed by atoms with van der Waals surface area (Å²) >= 11 is 1.48. The molecule has 1 aliphatic rings. The molecule has 3 aromatic heterocycles. The predicted molar refractivity (Wildman–Crippen MR) is 118 cm³/mol. The Morgan fingerprint density at radius 1 is 1.32 bits per heavy atom. The van der Waals surface area contributed by atoms with Gasteiger partial charge in [-0.1, -0.05) is 11.3 Å². The Bertz CT molecular complexity index is 1120. The fourth-order valence-corrected chi connectivity index (χ4v) is 4.48. The first kappa shape index (κ1) is 21.2. The number of hydrogen-bond donors (Lipinski definition) is 1. The van der Waals surface area contributed by atoms with E-state index in [1.807, 2.05) is 30.5 Å². The summed E-state index contributed by atoms with van der Waals surface area (Å²) in [5.41, 5.74) is 2.75. The van der Waals surface area contributed by atoms with Gasteiger partial charge in [-0.2, -0.15) is 4.98 Å². The van der Waals surface area contributed by atoms with Gasteiger partial charge in [0.05, 0.1) is 17.1 Å². The molecule has 5 rings (SSSR count). The standard InChI is InChI=1S/C21H21N3O3S.CH2O2/c1-25-15-6-9-24(10-7-15)12-14-13-26-18-11-16(4-5-17(14)18)27-21-23-20-19(28-21)3-2-8-22-20;2-1-3/h2-5,8,11,13,15H,6-7,9-10,12H2,1H3;1H,(H,2,3). The summed E-state index contributed by atoms with van der Waals surface area (Å²) < 4.78 is 18.2. The van der Waals surface area contributed by atoms with E-state index in [0.717, 1.165) is 48.1 Å². The number of ether oxygens (including phenoxy) is 2. The summed E-state index contributed by atoms with van der Waals surface area (Å²) in [4.78, 5) is 19.5. The van der Waals surface area contributed by atoms with Gasteiger partial charge in [0.25, 0.3) is 11.7 Å². The van der Waals surface area contributed by atoms with Gasteiger partial charge in [0.15, 0.2) is 5.65 Å². The Morgan fingerprint density at radius 2 is 2.13 bits per heavy atom. The highest BCUT2D eigenvalue weighted by atomic mass is 32.1. The second kappa shape index (κ2) is 9.86. The van der Waals surface area contributed by atoms with E-state index in [1.54, 1.807) is 13.3 Å². The van der Waals surface area contributed by atoms with Crippen molar-refractivity contribution in [1.82, 2.24) is 14.9 Å². The minimum Gasteiger partial charge on any atom is -0.483 e. The fourth-order valence-electron chi connectivity index (χ4n) is 3.69. The van der Waals surface area contributed by atoms with Gasteiger partial charge in [-0.3, -0.25) is 9.69 Å². The molecule has 0 saturated carbocycles. The van der Waals surface area contributed by atoms with E-state index in [9.17, 15) is 0 Å². The maximum absolute atomic E-state index is 8.36. The number of furan rings is 1.